The molecule has 2 aromatic rings. The van der Waals surface area contributed by atoms with Crippen LogP contribution in [0.1, 0.15) is 56.1 Å². The maximum atomic E-state index is 10.3. The summed E-state index contributed by atoms with van der Waals surface area (Å²) in [6.07, 6.45) is 0.916. The molecule has 0 saturated carbocycles. The Kier molecular flexibility index (Phi) is 5.67. The van der Waals surface area contributed by atoms with Gasteiger partial charge in [0.05, 0.1) is 12.2 Å². The number of aliphatic hydroxyl groups excluding tert-OH is 1. The Morgan fingerprint density at radius 2 is 1.96 bits per heavy atom. The Labute approximate surface area is 161 Å². The highest BCUT2D eigenvalue weighted by Gasteiger charge is 2.22. The number of benzene rings is 1. The van der Waals surface area contributed by atoms with Gasteiger partial charge in [0.2, 0.25) is 0 Å². The van der Waals surface area contributed by atoms with Crippen LogP contribution >= 0.6 is 0 Å². The second-order valence-electron chi connectivity index (χ2n) is 7.99. The third-order valence-corrected chi connectivity index (χ3v) is 4.91. The first-order valence-electron chi connectivity index (χ1n) is 9.61. The normalized spacial score (nSPS) is 14.4. The number of anilines is 2. The highest BCUT2D eigenvalue weighted by Crippen LogP contribution is 2.29. The molecule has 0 fully saturated rings. The smallest absolute Gasteiger partial charge is 0.135 e. The largest absolute Gasteiger partial charge is 0.395 e. The lowest BCUT2D eigenvalue weighted by Crippen LogP contribution is -2.32. The number of hydrogen-bond donors (Lipinski definition) is 3. The standard InChI is InChI=1S/C21H30N4O2/c1-14(2)20-23-18(22-8-10-26)12-19(24-20)25-9-7-15-11-17(21(3,4)27)6-5-16(15)13-25/h5-6,11-12,14,26-27H,7-10,13H2,1-4H3,(H,22,23,24). The summed E-state index contributed by atoms with van der Waals surface area (Å²) in [6.45, 7) is 9.99. The summed E-state index contributed by atoms with van der Waals surface area (Å²) >= 11 is 0. The van der Waals surface area contributed by atoms with Gasteiger partial charge in [0.1, 0.15) is 17.5 Å². The molecular formula is C21H30N4O2. The zero-order chi connectivity index (χ0) is 19.6. The van der Waals surface area contributed by atoms with Crippen molar-refractivity contribution in [3.63, 3.8) is 0 Å². The van der Waals surface area contributed by atoms with Crippen LogP contribution in [-0.4, -0.2) is 39.9 Å². The van der Waals surface area contributed by atoms with Crippen LogP contribution < -0.4 is 10.2 Å². The van der Waals surface area contributed by atoms with E-state index in [4.69, 9.17) is 10.1 Å². The second kappa shape index (κ2) is 7.82. The molecule has 1 aliphatic heterocycles. The van der Waals surface area contributed by atoms with E-state index in [0.29, 0.717) is 6.54 Å². The summed E-state index contributed by atoms with van der Waals surface area (Å²) in [6, 6.07) is 8.21. The fraction of sp³-hybridized carbons (Fsp3) is 0.524. The van der Waals surface area contributed by atoms with E-state index in [0.717, 1.165) is 42.5 Å². The molecule has 3 N–H and O–H groups in total. The monoisotopic (exact) mass is 370 g/mol. The highest BCUT2D eigenvalue weighted by molar-refractivity contribution is 5.52. The first-order chi connectivity index (χ1) is 12.8. The van der Waals surface area contributed by atoms with Gasteiger partial charge in [-0.2, -0.15) is 0 Å². The zero-order valence-electron chi connectivity index (χ0n) is 16.7. The Morgan fingerprint density at radius 1 is 1.19 bits per heavy atom. The molecule has 0 bridgehead atoms. The molecule has 6 heteroatoms. The minimum Gasteiger partial charge on any atom is -0.395 e. The van der Waals surface area contributed by atoms with Gasteiger partial charge < -0.3 is 20.4 Å². The molecule has 1 aromatic carbocycles. The van der Waals surface area contributed by atoms with Gasteiger partial charge in [-0.15, -0.1) is 0 Å². The number of aliphatic hydroxyl groups is 2. The molecular weight excluding hydrogens is 340 g/mol. The van der Waals surface area contributed by atoms with Crippen LogP contribution in [0.25, 0.3) is 0 Å². The summed E-state index contributed by atoms with van der Waals surface area (Å²) in [5.74, 6) is 2.69. The number of nitrogens with zero attached hydrogens (tertiary/aromatic N) is 3. The van der Waals surface area contributed by atoms with Gasteiger partial charge >= 0.3 is 0 Å². The Morgan fingerprint density at radius 3 is 2.63 bits per heavy atom. The van der Waals surface area contributed by atoms with Gasteiger partial charge in [-0.1, -0.05) is 32.0 Å². The lowest BCUT2D eigenvalue weighted by atomic mass is 9.91. The Hall–Kier alpha value is -2.18. The van der Waals surface area contributed by atoms with Crippen molar-refractivity contribution in [2.45, 2.75) is 52.2 Å². The van der Waals surface area contributed by atoms with Crippen LogP contribution in [0.2, 0.25) is 0 Å². The molecule has 0 spiro atoms. The third kappa shape index (κ3) is 4.57. The van der Waals surface area contributed by atoms with Crippen molar-refractivity contribution in [2.24, 2.45) is 0 Å². The third-order valence-electron chi connectivity index (χ3n) is 4.91. The molecule has 0 amide bonds. The van der Waals surface area contributed by atoms with Crippen molar-refractivity contribution in [3.8, 4) is 0 Å². The SMILES string of the molecule is CC(C)c1nc(NCCO)cc(N2CCc3cc(C(C)(C)O)ccc3C2)n1. The zero-order valence-corrected chi connectivity index (χ0v) is 16.7. The van der Waals surface area contributed by atoms with Crippen LogP contribution in [0, 0.1) is 0 Å². The van der Waals surface area contributed by atoms with Gasteiger partial charge in [-0.3, -0.25) is 0 Å². The molecule has 0 radical (unpaired) electrons. The number of rotatable bonds is 6. The molecule has 0 aliphatic carbocycles. The molecule has 0 atom stereocenters. The molecule has 146 valence electrons. The van der Waals surface area contributed by atoms with E-state index in [1.165, 1.54) is 11.1 Å². The first-order valence-corrected chi connectivity index (χ1v) is 9.61. The van der Waals surface area contributed by atoms with E-state index in [2.05, 4.69) is 41.2 Å². The molecule has 3 rings (SSSR count). The van der Waals surface area contributed by atoms with Crippen molar-refractivity contribution in [1.29, 1.82) is 0 Å². The molecule has 27 heavy (non-hydrogen) atoms. The van der Waals surface area contributed by atoms with Crippen molar-refractivity contribution in [2.75, 3.05) is 29.9 Å². The minimum atomic E-state index is -0.821. The highest BCUT2D eigenvalue weighted by atomic mass is 16.3. The predicted molar refractivity (Wildman–Crippen MR) is 108 cm³/mol. The molecule has 1 aliphatic rings. The summed E-state index contributed by atoms with van der Waals surface area (Å²) in [5, 5.41) is 22.5. The molecule has 0 saturated heterocycles. The van der Waals surface area contributed by atoms with E-state index in [1.807, 2.05) is 26.0 Å². The summed E-state index contributed by atoms with van der Waals surface area (Å²) in [7, 11) is 0. The van der Waals surface area contributed by atoms with Crippen LogP contribution in [0.5, 0.6) is 0 Å². The topological polar surface area (TPSA) is 81.5 Å². The predicted octanol–water partition coefficient (Wildman–Crippen LogP) is 2.79. The van der Waals surface area contributed by atoms with Crippen LogP contribution in [0.4, 0.5) is 11.6 Å². The quantitative estimate of drug-likeness (QED) is 0.725. The number of fused-ring (bicyclic) bond motifs is 1. The van der Waals surface area contributed by atoms with Crippen molar-refractivity contribution < 1.29 is 10.2 Å². The molecule has 1 aromatic heterocycles. The van der Waals surface area contributed by atoms with E-state index in [-0.39, 0.29) is 12.5 Å². The van der Waals surface area contributed by atoms with Gasteiger partial charge in [-0.25, -0.2) is 9.97 Å². The minimum absolute atomic E-state index is 0.0664. The van der Waals surface area contributed by atoms with E-state index >= 15 is 0 Å². The van der Waals surface area contributed by atoms with Crippen molar-refractivity contribution in [1.82, 2.24) is 9.97 Å². The van der Waals surface area contributed by atoms with Crippen LogP contribution in [0.3, 0.4) is 0 Å². The van der Waals surface area contributed by atoms with E-state index < -0.39 is 5.60 Å². The fourth-order valence-electron chi connectivity index (χ4n) is 3.28. The summed E-state index contributed by atoms with van der Waals surface area (Å²) in [5.41, 5.74) is 2.69. The average molecular weight is 370 g/mol. The number of nitrogens with one attached hydrogen (secondary N) is 1. The first kappa shape index (κ1) is 19.6. The van der Waals surface area contributed by atoms with Crippen LogP contribution in [-0.2, 0) is 18.6 Å². The van der Waals surface area contributed by atoms with E-state index in [1.54, 1.807) is 0 Å². The number of hydrogen-bond acceptors (Lipinski definition) is 6. The van der Waals surface area contributed by atoms with Gasteiger partial charge in [0.25, 0.3) is 0 Å². The van der Waals surface area contributed by atoms with E-state index in [9.17, 15) is 5.11 Å². The number of aromatic nitrogens is 2. The second-order valence-corrected chi connectivity index (χ2v) is 7.99. The van der Waals surface area contributed by atoms with Crippen LogP contribution in [0.15, 0.2) is 24.3 Å². The summed E-state index contributed by atoms with van der Waals surface area (Å²) < 4.78 is 0. The lowest BCUT2D eigenvalue weighted by molar-refractivity contribution is 0.0785. The molecule has 2 heterocycles. The van der Waals surface area contributed by atoms with Crippen molar-refractivity contribution in [3.05, 3.63) is 46.8 Å². The fourth-order valence-corrected chi connectivity index (χ4v) is 3.28. The Balaban J connectivity index is 1.87. The van der Waals surface area contributed by atoms with Gasteiger partial charge in [0.15, 0.2) is 0 Å². The maximum Gasteiger partial charge on any atom is 0.135 e. The molecule has 6 nitrogen and oxygen atoms in total. The van der Waals surface area contributed by atoms with Gasteiger partial charge in [-0.05, 0) is 37.0 Å². The average Bonchev–Trinajstić information content (AvgIpc) is 2.64. The molecule has 0 unspecified atom stereocenters. The van der Waals surface area contributed by atoms with Crippen molar-refractivity contribution >= 4 is 11.6 Å². The Bertz CT molecular complexity index is 799. The maximum absolute atomic E-state index is 10.3. The summed E-state index contributed by atoms with van der Waals surface area (Å²) in [4.78, 5) is 11.6. The van der Waals surface area contributed by atoms with Gasteiger partial charge in [0, 0.05) is 31.6 Å². The lowest BCUT2D eigenvalue weighted by Gasteiger charge is -2.31.